The van der Waals surface area contributed by atoms with Crippen molar-refractivity contribution in [2.45, 2.75) is 52.1 Å². The van der Waals surface area contributed by atoms with Crippen LogP contribution >= 0.6 is 0 Å². The van der Waals surface area contributed by atoms with E-state index >= 15 is 4.39 Å². The Morgan fingerprint density at radius 2 is 1.93 bits per heavy atom. The number of nitrogens with zero attached hydrogens (tertiary/aromatic N) is 3. The van der Waals surface area contributed by atoms with Gasteiger partial charge in [-0.15, -0.1) is 0 Å². The quantitative estimate of drug-likeness (QED) is 0.630. The molecule has 0 spiro atoms. The average Bonchev–Trinajstić information content (AvgIpc) is 2.69. The Bertz CT molecular complexity index is 884. The number of aromatic nitrogens is 1. The molecule has 1 aliphatic heterocycles. The number of rotatable bonds is 6. The summed E-state index contributed by atoms with van der Waals surface area (Å²) in [5.74, 6) is -0.294. The summed E-state index contributed by atoms with van der Waals surface area (Å²) in [5.41, 5.74) is 2.01. The highest BCUT2D eigenvalue weighted by Gasteiger charge is 2.37. The molecule has 1 amide bonds. The first kappa shape index (κ1) is 22.4. The van der Waals surface area contributed by atoms with Crippen LogP contribution in [-0.4, -0.2) is 43.7 Å². The summed E-state index contributed by atoms with van der Waals surface area (Å²) in [6.07, 6.45) is 3.49. The van der Waals surface area contributed by atoms with Gasteiger partial charge in [-0.25, -0.2) is 4.39 Å². The molecule has 3 rings (SSSR count). The molecular formula is C23H32FN3O2Si. The fourth-order valence-electron chi connectivity index (χ4n) is 3.19. The number of carbonyl (C=O) groups is 1. The molecule has 1 aliphatic rings. The summed E-state index contributed by atoms with van der Waals surface area (Å²) in [6.45, 7) is 12.9. The van der Waals surface area contributed by atoms with Gasteiger partial charge in [0.1, 0.15) is 0 Å². The first-order chi connectivity index (χ1) is 14.1. The molecule has 0 saturated carbocycles. The Labute approximate surface area is 180 Å². The maximum absolute atomic E-state index is 15.3. The maximum atomic E-state index is 15.3. The molecule has 2 aromatic rings. The van der Waals surface area contributed by atoms with Crippen molar-refractivity contribution in [3.05, 3.63) is 59.7 Å². The van der Waals surface area contributed by atoms with Gasteiger partial charge in [-0.05, 0) is 35.8 Å². The molecule has 0 aliphatic carbocycles. The van der Waals surface area contributed by atoms with Crippen molar-refractivity contribution >= 4 is 19.9 Å². The van der Waals surface area contributed by atoms with Crippen LogP contribution in [0, 0.1) is 5.82 Å². The van der Waals surface area contributed by atoms with Crippen LogP contribution in [-0.2, 0) is 22.4 Å². The fraction of sp³-hybridized carbons (Fsp3) is 0.478. The van der Waals surface area contributed by atoms with Crippen LogP contribution in [0.3, 0.4) is 0 Å². The van der Waals surface area contributed by atoms with Gasteiger partial charge in [0.05, 0.1) is 18.8 Å². The highest BCUT2D eigenvalue weighted by atomic mass is 28.4. The van der Waals surface area contributed by atoms with Gasteiger partial charge in [0.2, 0.25) is 5.91 Å². The van der Waals surface area contributed by atoms with Crippen molar-refractivity contribution in [2.24, 2.45) is 0 Å². The van der Waals surface area contributed by atoms with Gasteiger partial charge in [0.25, 0.3) is 0 Å². The van der Waals surface area contributed by atoms with Crippen LogP contribution in [0.1, 0.15) is 31.9 Å². The SMILES string of the molecule is CC(C)(C)[Si](C)(C)OCc1cccc(N2CCN(Cc3cccnc3)C(=O)C2)c1F. The van der Waals surface area contributed by atoms with Gasteiger partial charge in [-0.1, -0.05) is 39.0 Å². The second-order valence-corrected chi connectivity index (χ2v) is 14.2. The molecule has 1 aromatic carbocycles. The third-order valence-corrected chi connectivity index (χ3v) is 10.7. The third-order valence-electron chi connectivity index (χ3n) is 6.21. The smallest absolute Gasteiger partial charge is 0.242 e. The first-order valence-corrected chi connectivity index (χ1v) is 13.3. The minimum atomic E-state index is -1.97. The van der Waals surface area contributed by atoms with Crippen molar-refractivity contribution in [2.75, 3.05) is 24.5 Å². The van der Waals surface area contributed by atoms with Gasteiger partial charge in [-0.2, -0.15) is 0 Å². The number of hydrogen-bond donors (Lipinski definition) is 0. The van der Waals surface area contributed by atoms with Crippen LogP contribution in [0.2, 0.25) is 18.1 Å². The molecule has 1 fully saturated rings. The van der Waals surface area contributed by atoms with E-state index in [0.29, 0.717) is 30.9 Å². The minimum absolute atomic E-state index is 0.00701. The van der Waals surface area contributed by atoms with Crippen LogP contribution in [0.5, 0.6) is 0 Å². The van der Waals surface area contributed by atoms with Crippen molar-refractivity contribution in [1.82, 2.24) is 9.88 Å². The number of halogens is 1. The largest absolute Gasteiger partial charge is 0.412 e. The summed E-state index contributed by atoms with van der Waals surface area (Å²) in [7, 11) is -1.97. The fourth-order valence-corrected chi connectivity index (χ4v) is 4.14. The molecular weight excluding hydrogens is 397 g/mol. The van der Waals surface area contributed by atoms with E-state index in [1.807, 2.05) is 23.1 Å². The summed E-state index contributed by atoms with van der Waals surface area (Å²) in [6, 6.07) is 9.18. The van der Waals surface area contributed by atoms with Crippen molar-refractivity contribution < 1.29 is 13.6 Å². The first-order valence-electron chi connectivity index (χ1n) is 10.4. The Morgan fingerprint density at radius 3 is 2.57 bits per heavy atom. The number of hydrogen-bond acceptors (Lipinski definition) is 4. The Hall–Kier alpha value is -2.25. The molecule has 0 atom stereocenters. The summed E-state index contributed by atoms with van der Waals surface area (Å²) >= 11 is 0. The zero-order chi connectivity index (χ0) is 21.9. The number of amides is 1. The number of benzene rings is 1. The standard InChI is InChI=1S/C23H32FN3O2Si/c1-23(2,3)30(4,5)29-17-19-9-6-10-20(22(19)24)26-12-13-27(21(28)16-26)15-18-8-7-11-25-14-18/h6-11,14H,12-13,15-17H2,1-5H3. The van der Waals surface area contributed by atoms with Gasteiger partial charge in [0.15, 0.2) is 14.1 Å². The molecule has 7 heteroatoms. The zero-order valence-electron chi connectivity index (χ0n) is 18.6. The number of pyridine rings is 1. The molecule has 1 saturated heterocycles. The zero-order valence-corrected chi connectivity index (χ0v) is 19.6. The molecule has 0 unspecified atom stereocenters. The van der Waals surface area contributed by atoms with Crippen LogP contribution in [0.25, 0.3) is 0 Å². The molecule has 0 radical (unpaired) electrons. The van der Waals surface area contributed by atoms with Gasteiger partial charge < -0.3 is 14.2 Å². The number of carbonyl (C=O) groups excluding carboxylic acids is 1. The molecule has 162 valence electrons. The Kier molecular flexibility index (Phi) is 6.62. The molecule has 0 bridgehead atoms. The lowest BCUT2D eigenvalue weighted by Crippen LogP contribution is -2.50. The molecule has 1 aromatic heterocycles. The van der Waals surface area contributed by atoms with E-state index in [9.17, 15) is 4.79 Å². The third kappa shape index (κ3) is 5.07. The van der Waals surface area contributed by atoms with Gasteiger partial charge >= 0.3 is 0 Å². The van der Waals surface area contributed by atoms with E-state index in [1.54, 1.807) is 29.4 Å². The van der Waals surface area contributed by atoms with Gasteiger partial charge in [-0.3, -0.25) is 9.78 Å². The van der Waals surface area contributed by atoms with E-state index in [4.69, 9.17) is 4.43 Å². The highest BCUT2D eigenvalue weighted by molar-refractivity contribution is 6.74. The van der Waals surface area contributed by atoms with E-state index < -0.39 is 8.32 Å². The van der Waals surface area contributed by atoms with Crippen LogP contribution < -0.4 is 4.90 Å². The number of anilines is 1. The molecule has 30 heavy (non-hydrogen) atoms. The Balaban J connectivity index is 1.67. The monoisotopic (exact) mass is 429 g/mol. The van der Waals surface area contributed by atoms with Crippen molar-refractivity contribution in [3.63, 3.8) is 0 Å². The predicted octanol–water partition coefficient (Wildman–Crippen LogP) is 4.59. The van der Waals surface area contributed by atoms with E-state index in [-0.39, 0.29) is 29.9 Å². The second kappa shape index (κ2) is 8.86. The lowest BCUT2D eigenvalue weighted by Gasteiger charge is -2.37. The Morgan fingerprint density at radius 1 is 1.17 bits per heavy atom. The molecule has 0 N–H and O–H groups in total. The predicted molar refractivity (Wildman–Crippen MR) is 120 cm³/mol. The van der Waals surface area contributed by atoms with E-state index in [1.165, 1.54) is 0 Å². The van der Waals surface area contributed by atoms with Crippen molar-refractivity contribution in [3.8, 4) is 0 Å². The second-order valence-electron chi connectivity index (χ2n) is 9.40. The minimum Gasteiger partial charge on any atom is -0.412 e. The van der Waals surface area contributed by atoms with Gasteiger partial charge in [0, 0.05) is 37.6 Å². The van der Waals surface area contributed by atoms with E-state index in [2.05, 4.69) is 38.8 Å². The topological polar surface area (TPSA) is 45.7 Å². The van der Waals surface area contributed by atoms with Crippen molar-refractivity contribution in [1.29, 1.82) is 0 Å². The summed E-state index contributed by atoms with van der Waals surface area (Å²) in [5, 5.41) is 0.0676. The lowest BCUT2D eigenvalue weighted by molar-refractivity contribution is -0.131. The molecule has 5 nitrogen and oxygen atoms in total. The highest BCUT2D eigenvalue weighted by Crippen LogP contribution is 2.37. The summed E-state index contributed by atoms with van der Waals surface area (Å²) < 4.78 is 21.5. The summed E-state index contributed by atoms with van der Waals surface area (Å²) in [4.78, 5) is 20.4. The lowest BCUT2D eigenvalue weighted by atomic mass is 10.1. The maximum Gasteiger partial charge on any atom is 0.242 e. The normalized spacial score (nSPS) is 15.6. The number of piperazine rings is 1. The molecule has 2 heterocycles. The average molecular weight is 430 g/mol. The van der Waals surface area contributed by atoms with Crippen LogP contribution in [0.15, 0.2) is 42.7 Å². The van der Waals surface area contributed by atoms with Crippen LogP contribution in [0.4, 0.5) is 10.1 Å². The van der Waals surface area contributed by atoms with E-state index in [0.717, 1.165) is 5.56 Å².